The van der Waals surface area contributed by atoms with Crippen molar-refractivity contribution in [2.45, 2.75) is 39.4 Å². The quantitative estimate of drug-likeness (QED) is 0.730. The van der Waals surface area contributed by atoms with Crippen LogP contribution in [0.3, 0.4) is 0 Å². The van der Waals surface area contributed by atoms with Crippen molar-refractivity contribution in [2.24, 2.45) is 0 Å². The molecule has 20 heavy (non-hydrogen) atoms. The van der Waals surface area contributed by atoms with E-state index in [1.807, 2.05) is 0 Å². The second kappa shape index (κ2) is 4.94. The zero-order chi connectivity index (χ0) is 15.1. The highest BCUT2D eigenvalue weighted by Gasteiger charge is 2.39. The first-order chi connectivity index (χ1) is 9.20. The molecule has 0 bridgehead atoms. The first-order valence-corrected chi connectivity index (χ1v) is 6.46. The molecule has 0 saturated carbocycles. The van der Waals surface area contributed by atoms with Crippen LogP contribution in [0.4, 0.5) is 15.4 Å². The number of cyclic esters (lactones) is 1. The molecule has 0 saturated heterocycles. The van der Waals surface area contributed by atoms with Crippen molar-refractivity contribution in [3.05, 3.63) is 22.8 Å². The van der Waals surface area contributed by atoms with E-state index in [1.165, 1.54) is 6.20 Å². The summed E-state index contributed by atoms with van der Waals surface area (Å²) in [5, 5.41) is 0.378. The number of amides is 2. The zero-order valence-corrected chi connectivity index (χ0v) is 12.4. The number of aromatic nitrogens is 1. The number of carbonyl (C=O) groups excluding carboxylic acids is 2. The maximum Gasteiger partial charge on any atom is 0.425 e. The number of rotatable bonds is 0. The fourth-order valence-electron chi connectivity index (χ4n) is 1.81. The van der Waals surface area contributed by atoms with Gasteiger partial charge in [0.05, 0.1) is 10.6 Å². The molecule has 1 atom stereocenters. The molecule has 0 radical (unpaired) electrons. The summed E-state index contributed by atoms with van der Waals surface area (Å²) in [5.41, 5.74) is -0.251. The second-order valence-corrected chi connectivity index (χ2v) is 5.78. The van der Waals surface area contributed by atoms with Crippen molar-refractivity contribution >= 4 is 29.6 Å². The predicted molar refractivity (Wildman–Crippen MR) is 72.9 cm³/mol. The van der Waals surface area contributed by atoms with E-state index in [2.05, 4.69) is 4.98 Å². The SMILES string of the molecule is CC1OC(=O)N(C(=O)OC(C)(C)C)c2nccc(Cl)c21. The number of pyridine rings is 1. The van der Waals surface area contributed by atoms with Crippen LogP contribution in [0.2, 0.25) is 5.02 Å². The number of halogens is 1. The Balaban J connectivity index is 2.45. The maximum absolute atomic E-state index is 12.1. The normalized spacial score (nSPS) is 18.4. The Bertz CT molecular complexity index is 568. The molecule has 108 valence electrons. The van der Waals surface area contributed by atoms with Gasteiger partial charge in [0.15, 0.2) is 5.82 Å². The van der Waals surface area contributed by atoms with Crippen molar-refractivity contribution < 1.29 is 19.1 Å². The highest BCUT2D eigenvalue weighted by Crippen LogP contribution is 2.37. The molecule has 1 aromatic heterocycles. The molecule has 1 unspecified atom stereocenters. The number of ether oxygens (including phenoxy) is 2. The van der Waals surface area contributed by atoms with Crippen LogP contribution in [0.5, 0.6) is 0 Å². The zero-order valence-electron chi connectivity index (χ0n) is 11.6. The van der Waals surface area contributed by atoms with E-state index >= 15 is 0 Å². The lowest BCUT2D eigenvalue weighted by molar-refractivity contribution is 0.0525. The van der Waals surface area contributed by atoms with Crippen LogP contribution >= 0.6 is 11.6 Å². The number of hydrogen-bond donors (Lipinski definition) is 0. The number of fused-ring (bicyclic) bond motifs is 1. The van der Waals surface area contributed by atoms with Gasteiger partial charge in [0.1, 0.15) is 11.7 Å². The molecule has 7 heteroatoms. The van der Waals surface area contributed by atoms with Crippen LogP contribution in [0.15, 0.2) is 12.3 Å². The smallest absolute Gasteiger partial charge is 0.425 e. The van der Waals surface area contributed by atoms with Crippen molar-refractivity contribution in [1.29, 1.82) is 0 Å². The topological polar surface area (TPSA) is 68.7 Å². The average molecular weight is 299 g/mol. The van der Waals surface area contributed by atoms with Gasteiger partial charge in [-0.15, -0.1) is 0 Å². The van der Waals surface area contributed by atoms with E-state index in [1.54, 1.807) is 33.8 Å². The highest BCUT2D eigenvalue weighted by molar-refractivity contribution is 6.32. The number of anilines is 1. The van der Waals surface area contributed by atoms with E-state index < -0.39 is 23.9 Å². The van der Waals surface area contributed by atoms with Crippen LogP contribution < -0.4 is 4.90 Å². The van der Waals surface area contributed by atoms with Crippen LogP contribution in [0.1, 0.15) is 39.4 Å². The molecule has 0 spiro atoms. The molecule has 2 heterocycles. The molecule has 1 aromatic rings. The fraction of sp³-hybridized carbons (Fsp3) is 0.462. The molecule has 0 N–H and O–H groups in total. The van der Waals surface area contributed by atoms with Gasteiger partial charge < -0.3 is 9.47 Å². The third-order valence-electron chi connectivity index (χ3n) is 2.57. The van der Waals surface area contributed by atoms with Gasteiger partial charge in [-0.2, -0.15) is 4.90 Å². The largest absolute Gasteiger partial charge is 0.443 e. The number of nitrogens with zero attached hydrogens (tertiary/aromatic N) is 2. The maximum atomic E-state index is 12.1. The molecule has 1 aliphatic rings. The molecule has 2 amide bonds. The molecule has 2 rings (SSSR count). The Morgan fingerprint density at radius 2 is 2.15 bits per heavy atom. The second-order valence-electron chi connectivity index (χ2n) is 5.37. The van der Waals surface area contributed by atoms with Crippen molar-refractivity contribution in [3.63, 3.8) is 0 Å². The number of imide groups is 1. The first kappa shape index (κ1) is 14.6. The molecular weight excluding hydrogens is 284 g/mol. The van der Waals surface area contributed by atoms with Crippen molar-refractivity contribution in [3.8, 4) is 0 Å². The minimum Gasteiger partial charge on any atom is -0.443 e. The van der Waals surface area contributed by atoms with Gasteiger partial charge in [-0.3, -0.25) is 0 Å². The third-order valence-corrected chi connectivity index (χ3v) is 2.90. The van der Waals surface area contributed by atoms with Gasteiger partial charge in [-0.1, -0.05) is 11.6 Å². The Hall–Kier alpha value is -1.82. The van der Waals surface area contributed by atoms with E-state index in [0.29, 0.717) is 10.6 Å². The lowest BCUT2D eigenvalue weighted by Gasteiger charge is -2.31. The fourth-order valence-corrected chi connectivity index (χ4v) is 2.11. The minimum atomic E-state index is -0.842. The third kappa shape index (κ3) is 2.70. The predicted octanol–water partition coefficient (Wildman–Crippen LogP) is 3.69. The van der Waals surface area contributed by atoms with Crippen LogP contribution in [-0.4, -0.2) is 22.8 Å². The Kier molecular flexibility index (Phi) is 3.60. The summed E-state index contributed by atoms with van der Waals surface area (Å²) < 4.78 is 10.3. The minimum absolute atomic E-state index is 0.149. The summed E-state index contributed by atoms with van der Waals surface area (Å²) in [6.07, 6.45) is -0.819. The van der Waals surface area contributed by atoms with Gasteiger partial charge in [0.2, 0.25) is 0 Å². The van der Waals surface area contributed by atoms with Gasteiger partial charge in [-0.05, 0) is 33.8 Å². The summed E-state index contributed by atoms with van der Waals surface area (Å²) >= 11 is 6.08. The monoisotopic (exact) mass is 298 g/mol. The van der Waals surface area contributed by atoms with Crippen LogP contribution in [0, 0.1) is 0 Å². The Morgan fingerprint density at radius 3 is 2.75 bits per heavy atom. The Morgan fingerprint density at radius 1 is 1.50 bits per heavy atom. The molecule has 0 fully saturated rings. The molecule has 1 aliphatic heterocycles. The molecule has 0 aliphatic carbocycles. The van der Waals surface area contributed by atoms with Crippen molar-refractivity contribution in [2.75, 3.05) is 4.90 Å². The lowest BCUT2D eigenvalue weighted by atomic mass is 10.1. The van der Waals surface area contributed by atoms with Crippen molar-refractivity contribution in [1.82, 2.24) is 4.98 Å². The average Bonchev–Trinajstić information content (AvgIpc) is 2.25. The van der Waals surface area contributed by atoms with E-state index in [-0.39, 0.29) is 5.82 Å². The Labute approximate surface area is 121 Å². The standard InChI is InChI=1S/C13H15ClN2O4/c1-7-9-8(14)5-6-15-10(9)16(11(17)19-7)12(18)20-13(2,3)4/h5-7H,1-4H3. The number of carbonyl (C=O) groups is 2. The summed E-state index contributed by atoms with van der Waals surface area (Å²) in [6.45, 7) is 6.77. The molecule has 6 nitrogen and oxygen atoms in total. The highest BCUT2D eigenvalue weighted by atomic mass is 35.5. The molecule has 0 aromatic carbocycles. The van der Waals surface area contributed by atoms with Crippen LogP contribution in [-0.2, 0) is 9.47 Å². The van der Waals surface area contributed by atoms with E-state index in [9.17, 15) is 9.59 Å². The summed E-state index contributed by atoms with van der Waals surface area (Å²) in [4.78, 5) is 28.9. The summed E-state index contributed by atoms with van der Waals surface area (Å²) in [5.74, 6) is 0.149. The summed E-state index contributed by atoms with van der Waals surface area (Å²) in [7, 11) is 0. The van der Waals surface area contributed by atoms with E-state index in [4.69, 9.17) is 21.1 Å². The summed E-state index contributed by atoms with van der Waals surface area (Å²) in [6, 6.07) is 1.57. The van der Waals surface area contributed by atoms with E-state index in [0.717, 1.165) is 4.90 Å². The van der Waals surface area contributed by atoms with Gasteiger partial charge >= 0.3 is 12.2 Å². The van der Waals surface area contributed by atoms with Gasteiger partial charge in [-0.25, -0.2) is 14.6 Å². The lowest BCUT2D eigenvalue weighted by Crippen LogP contribution is -2.45. The van der Waals surface area contributed by atoms with Gasteiger partial charge in [0.25, 0.3) is 0 Å². The molecular formula is C13H15ClN2O4. The number of hydrogen-bond acceptors (Lipinski definition) is 5. The van der Waals surface area contributed by atoms with Gasteiger partial charge in [0, 0.05) is 6.20 Å². The first-order valence-electron chi connectivity index (χ1n) is 6.09. The van der Waals surface area contributed by atoms with Crippen LogP contribution in [0.25, 0.3) is 0 Å².